The van der Waals surface area contributed by atoms with Gasteiger partial charge >= 0.3 is 0 Å². The minimum atomic E-state index is -3.44. The van der Waals surface area contributed by atoms with Crippen LogP contribution in [0.25, 0.3) is 0 Å². The summed E-state index contributed by atoms with van der Waals surface area (Å²) in [7, 11) is -6.87. The molecule has 2 aliphatic rings. The van der Waals surface area contributed by atoms with Crippen LogP contribution in [0.5, 0.6) is 0 Å². The van der Waals surface area contributed by atoms with E-state index in [0.717, 1.165) is 52.0 Å². The molecule has 2 saturated heterocycles. The summed E-state index contributed by atoms with van der Waals surface area (Å²) in [6, 6.07) is 31.4. The summed E-state index contributed by atoms with van der Waals surface area (Å²) >= 11 is 3.27. The maximum Gasteiger partial charge on any atom is 0.243 e. The molecule has 0 N–H and O–H groups in total. The van der Waals surface area contributed by atoms with Gasteiger partial charge < -0.3 is 9.80 Å². The normalized spacial score (nSPS) is 15.5. The van der Waals surface area contributed by atoms with Crippen molar-refractivity contribution in [3.05, 3.63) is 153 Å². The van der Waals surface area contributed by atoms with Gasteiger partial charge in [-0.3, -0.25) is 0 Å². The SMILES string of the molecule is CCc1ccc(Cc2csc(N3CCN(S(=O)(=O)c4ccc(C)cc4)CC3)n2)cc1.Cc1ccc(Cc2csc(N3CCN(S(=O)(=O)c4ccc(C)cc4)CC3)n2)cc1. The molecule has 14 heteroatoms. The number of aryl methyl sites for hydroxylation is 4. The lowest BCUT2D eigenvalue weighted by atomic mass is 10.1. The van der Waals surface area contributed by atoms with Crippen molar-refractivity contribution in [1.29, 1.82) is 0 Å². The quantitative estimate of drug-likeness (QED) is 0.129. The van der Waals surface area contributed by atoms with Gasteiger partial charge in [-0.05, 0) is 68.1 Å². The summed E-state index contributed by atoms with van der Waals surface area (Å²) in [6.07, 6.45) is 2.69. The van der Waals surface area contributed by atoms with Crippen LogP contribution in [0, 0.1) is 20.8 Å². The van der Waals surface area contributed by atoms with E-state index in [1.165, 1.54) is 22.3 Å². The van der Waals surface area contributed by atoms with Gasteiger partial charge in [0.05, 0.1) is 21.2 Å². The lowest BCUT2D eigenvalue weighted by Gasteiger charge is -2.33. The third-order valence-electron chi connectivity index (χ3n) is 10.7. The van der Waals surface area contributed by atoms with E-state index in [2.05, 4.69) is 82.9 Å². The van der Waals surface area contributed by atoms with Crippen LogP contribution in [-0.4, -0.2) is 87.8 Å². The highest BCUT2D eigenvalue weighted by molar-refractivity contribution is 7.89. The highest BCUT2D eigenvalue weighted by atomic mass is 32.2. The molecule has 6 aromatic rings. The molecule has 0 bridgehead atoms. The first-order valence-corrected chi connectivity index (χ1v) is 24.7. The summed E-state index contributed by atoms with van der Waals surface area (Å²) in [5, 5.41) is 6.16. The highest BCUT2D eigenvalue weighted by Gasteiger charge is 2.31. The number of thiazole rings is 2. The van der Waals surface area contributed by atoms with Gasteiger partial charge in [-0.2, -0.15) is 8.61 Å². The van der Waals surface area contributed by atoms with Crippen LogP contribution in [-0.2, 0) is 39.3 Å². The molecule has 2 aliphatic heterocycles. The number of sulfonamides is 2. The molecule has 59 heavy (non-hydrogen) atoms. The molecule has 0 radical (unpaired) electrons. The number of nitrogens with zero attached hydrogens (tertiary/aromatic N) is 6. The Labute approximate surface area is 357 Å². The van der Waals surface area contributed by atoms with Crippen molar-refractivity contribution in [3.63, 3.8) is 0 Å². The van der Waals surface area contributed by atoms with Crippen LogP contribution in [0.4, 0.5) is 10.3 Å². The second-order valence-electron chi connectivity index (χ2n) is 15.2. The van der Waals surface area contributed by atoms with Crippen molar-refractivity contribution in [2.45, 2.75) is 56.7 Å². The molecule has 4 aromatic carbocycles. The molecule has 0 aliphatic carbocycles. The smallest absolute Gasteiger partial charge is 0.243 e. The lowest BCUT2D eigenvalue weighted by molar-refractivity contribution is 0.384. The molecule has 310 valence electrons. The zero-order valence-corrected chi connectivity index (χ0v) is 37.4. The predicted octanol–water partition coefficient (Wildman–Crippen LogP) is 7.98. The Hall–Kier alpha value is -4.44. The topological polar surface area (TPSA) is 107 Å². The summed E-state index contributed by atoms with van der Waals surface area (Å²) < 4.78 is 54.7. The summed E-state index contributed by atoms with van der Waals surface area (Å²) in [5.74, 6) is 0. The number of aromatic nitrogens is 2. The molecule has 2 fully saturated rings. The van der Waals surface area contributed by atoms with Gasteiger partial charge in [-0.15, -0.1) is 22.7 Å². The molecular weight excluding hydrogens is 817 g/mol. The van der Waals surface area contributed by atoms with E-state index in [1.807, 2.05) is 38.1 Å². The van der Waals surface area contributed by atoms with E-state index in [-0.39, 0.29) is 0 Å². The van der Waals surface area contributed by atoms with E-state index in [0.29, 0.717) is 62.1 Å². The zero-order valence-electron chi connectivity index (χ0n) is 34.1. The Kier molecular flexibility index (Phi) is 13.6. The van der Waals surface area contributed by atoms with Crippen molar-refractivity contribution in [2.24, 2.45) is 0 Å². The number of anilines is 2. The van der Waals surface area contributed by atoms with Crippen molar-refractivity contribution < 1.29 is 16.8 Å². The first kappa shape index (κ1) is 42.7. The van der Waals surface area contributed by atoms with Crippen LogP contribution < -0.4 is 9.80 Å². The average Bonchev–Trinajstić information content (AvgIpc) is 3.93. The fourth-order valence-electron chi connectivity index (χ4n) is 7.02. The largest absolute Gasteiger partial charge is 0.345 e. The van der Waals surface area contributed by atoms with Gasteiger partial charge in [0, 0.05) is 76.0 Å². The highest BCUT2D eigenvalue weighted by Crippen LogP contribution is 2.27. The molecule has 0 unspecified atom stereocenters. The second kappa shape index (κ2) is 18.9. The minimum Gasteiger partial charge on any atom is -0.345 e. The summed E-state index contributed by atoms with van der Waals surface area (Å²) in [5.41, 5.74) is 9.35. The Morgan fingerprint density at radius 1 is 0.475 bits per heavy atom. The van der Waals surface area contributed by atoms with Gasteiger partial charge in [-0.25, -0.2) is 26.8 Å². The van der Waals surface area contributed by atoms with Crippen molar-refractivity contribution in [2.75, 3.05) is 62.2 Å². The van der Waals surface area contributed by atoms with Crippen LogP contribution in [0.2, 0.25) is 0 Å². The first-order valence-electron chi connectivity index (χ1n) is 20.0. The van der Waals surface area contributed by atoms with Crippen LogP contribution in [0.1, 0.15) is 51.7 Å². The molecule has 10 nitrogen and oxygen atoms in total. The van der Waals surface area contributed by atoms with Crippen molar-refractivity contribution in [3.8, 4) is 0 Å². The third kappa shape index (κ3) is 10.7. The molecule has 4 heterocycles. The van der Waals surface area contributed by atoms with Crippen molar-refractivity contribution >= 4 is 53.0 Å². The maximum absolute atomic E-state index is 12.9. The Morgan fingerprint density at radius 3 is 1.15 bits per heavy atom. The molecule has 0 amide bonds. The Morgan fingerprint density at radius 2 is 0.797 bits per heavy atom. The fourth-order valence-corrected chi connectivity index (χ4v) is 11.6. The summed E-state index contributed by atoms with van der Waals surface area (Å²) in [6.45, 7) is 12.7. The van der Waals surface area contributed by atoms with Crippen LogP contribution in [0.3, 0.4) is 0 Å². The third-order valence-corrected chi connectivity index (χ3v) is 16.5. The number of hydrogen-bond donors (Lipinski definition) is 0. The monoisotopic (exact) mass is 868 g/mol. The second-order valence-corrected chi connectivity index (χ2v) is 20.7. The van der Waals surface area contributed by atoms with Gasteiger partial charge in [0.25, 0.3) is 0 Å². The average molecular weight is 869 g/mol. The standard InChI is InChI=1S/C23H27N3O2S2.C22H25N3O2S2/c1-3-19-6-8-20(9-7-19)16-21-17-29-23(24-21)25-12-14-26(15-13-25)30(27,28)22-10-4-18(2)5-11-22;1-17-3-7-19(8-4-17)15-20-16-28-22(23-20)24-11-13-25(14-12-24)29(26,27)21-9-5-18(2)6-10-21/h4-11,17H,3,12-16H2,1-2H3;3-10,16H,11-15H2,1-2H3. The van der Waals surface area contributed by atoms with Gasteiger partial charge in [0.2, 0.25) is 20.0 Å². The van der Waals surface area contributed by atoms with Gasteiger partial charge in [-0.1, -0.05) is 96.4 Å². The molecule has 8 rings (SSSR count). The molecule has 0 spiro atoms. The maximum atomic E-state index is 12.9. The number of benzene rings is 4. The fraction of sp³-hybridized carbons (Fsp3) is 0.333. The number of rotatable bonds is 11. The Bertz CT molecular complexity index is 2500. The van der Waals surface area contributed by atoms with Gasteiger partial charge in [0.1, 0.15) is 0 Å². The lowest BCUT2D eigenvalue weighted by Crippen LogP contribution is -2.48. The van der Waals surface area contributed by atoms with E-state index in [1.54, 1.807) is 55.5 Å². The predicted molar refractivity (Wildman–Crippen MR) is 241 cm³/mol. The number of piperazine rings is 2. The van der Waals surface area contributed by atoms with E-state index in [4.69, 9.17) is 9.97 Å². The van der Waals surface area contributed by atoms with E-state index in [9.17, 15) is 16.8 Å². The molecule has 2 aromatic heterocycles. The molecule has 0 atom stereocenters. The van der Waals surface area contributed by atoms with Crippen molar-refractivity contribution in [1.82, 2.24) is 18.6 Å². The number of hydrogen-bond acceptors (Lipinski definition) is 10. The van der Waals surface area contributed by atoms with Crippen LogP contribution in [0.15, 0.2) is 118 Å². The first-order chi connectivity index (χ1) is 28.4. The Balaban J connectivity index is 0.000000179. The van der Waals surface area contributed by atoms with E-state index < -0.39 is 20.0 Å². The van der Waals surface area contributed by atoms with Crippen LogP contribution >= 0.6 is 22.7 Å². The zero-order chi connectivity index (χ0) is 41.6. The molecule has 0 saturated carbocycles. The minimum absolute atomic E-state index is 0.367. The van der Waals surface area contributed by atoms with E-state index >= 15 is 0 Å². The summed E-state index contributed by atoms with van der Waals surface area (Å²) in [4.78, 5) is 14.7. The van der Waals surface area contributed by atoms with Gasteiger partial charge in [0.15, 0.2) is 10.3 Å². The molecular formula is C45H52N6O4S4.